The summed E-state index contributed by atoms with van der Waals surface area (Å²) in [7, 11) is 0. The van der Waals surface area contributed by atoms with E-state index in [0.29, 0.717) is 11.6 Å². The Balaban J connectivity index is 0.000000134. The van der Waals surface area contributed by atoms with Gasteiger partial charge in [-0.05, 0) is 84.9 Å². The first-order valence-corrected chi connectivity index (χ1v) is 30.3. The van der Waals surface area contributed by atoms with Gasteiger partial charge >= 0.3 is 0 Å². The Morgan fingerprint density at radius 2 is 0.670 bits per heavy atom. The van der Waals surface area contributed by atoms with Gasteiger partial charge in [0.25, 0.3) is 0 Å². The summed E-state index contributed by atoms with van der Waals surface area (Å²) in [4.78, 5) is 23.6. The fourth-order valence-electron chi connectivity index (χ4n) is 12.3. The Labute approximate surface area is 534 Å². The Kier molecular flexibility index (Phi) is 15.5. The van der Waals surface area contributed by atoms with Crippen LogP contribution < -0.4 is 0 Å². The van der Waals surface area contributed by atoms with Crippen LogP contribution in [0.3, 0.4) is 0 Å². The first-order chi connectivity index (χ1) is 44.0. The molecule has 0 unspecified atom stereocenters. The molecule has 12 aromatic carbocycles. The van der Waals surface area contributed by atoms with Gasteiger partial charge in [-0.25, -0.2) is 19.9 Å². The summed E-state index contributed by atoms with van der Waals surface area (Å²) in [5.41, 5.74) is 18.5. The number of aromatic amines is 1. The summed E-state index contributed by atoms with van der Waals surface area (Å²) in [6.07, 6.45) is 0. The van der Waals surface area contributed by atoms with E-state index in [1.807, 2.05) is 103 Å². The normalized spacial score (nSPS) is 11.2. The second-order valence-electron chi connectivity index (χ2n) is 21.9. The van der Waals surface area contributed by atoms with Gasteiger partial charge < -0.3 is 18.4 Å². The van der Waals surface area contributed by atoms with E-state index in [9.17, 15) is 0 Å². The molecule has 0 bridgehead atoms. The highest BCUT2D eigenvalue weighted by Gasteiger charge is 2.20. The van der Waals surface area contributed by atoms with Gasteiger partial charge in [0.1, 0.15) is 22.3 Å². The smallest absolute Gasteiger partial charge is 0.160 e. The summed E-state index contributed by atoms with van der Waals surface area (Å²) >= 11 is 3.57. The minimum atomic E-state index is 0. The number of H-pyrrole nitrogens is 1. The van der Waals surface area contributed by atoms with E-state index in [1.165, 1.54) is 43.6 Å². The van der Waals surface area contributed by atoms with Crippen molar-refractivity contribution in [3.8, 4) is 73.5 Å². The Morgan fingerprint density at radius 3 is 1.16 bits per heavy atom. The highest BCUT2D eigenvalue weighted by Crippen LogP contribution is 2.40. The molecule has 0 atom stereocenters. The lowest BCUT2D eigenvalue weighted by molar-refractivity contribution is 0.669. The SMILES string of the molecule is Brc1cccc(-c2nc(-c3ccccc3)cc(-c3cccc4c3oc3ccccc34)n2)c1.C.C.c1ccc(-c2cc(-c3cccc4c3oc3ccccc34)nc(-c3cccc(-n4c5ccccc5c5ccccc54)c3)n2)cc1.c1ccc2c(c1)[nH]c1ccccc12. The van der Waals surface area contributed by atoms with Gasteiger partial charge in [0.15, 0.2) is 11.6 Å². The number of rotatable bonds is 7. The molecular formula is C82H59BrN6O2. The molecule has 1 N–H and O–H groups in total. The number of furan rings is 2. The molecule has 18 aromatic rings. The molecule has 6 heterocycles. The molecule has 9 heteroatoms. The molecule has 0 spiro atoms. The van der Waals surface area contributed by atoms with Crippen molar-refractivity contribution >= 4 is 103 Å². The van der Waals surface area contributed by atoms with Crippen LogP contribution >= 0.6 is 15.9 Å². The lowest BCUT2D eigenvalue weighted by Crippen LogP contribution is -1.98. The molecular weight excluding hydrogens is 1180 g/mol. The van der Waals surface area contributed by atoms with Gasteiger partial charge in [0.2, 0.25) is 0 Å². The van der Waals surface area contributed by atoms with Crippen molar-refractivity contribution in [2.45, 2.75) is 14.9 Å². The summed E-state index contributed by atoms with van der Waals surface area (Å²) in [5, 5.41) is 9.44. The zero-order valence-electron chi connectivity index (χ0n) is 47.8. The van der Waals surface area contributed by atoms with Crippen molar-refractivity contribution in [2.24, 2.45) is 0 Å². The van der Waals surface area contributed by atoms with Crippen LogP contribution in [0.15, 0.2) is 317 Å². The Morgan fingerprint density at radius 1 is 0.297 bits per heavy atom. The number of nitrogens with one attached hydrogen (secondary N) is 1. The molecule has 8 nitrogen and oxygen atoms in total. The number of para-hydroxylation sites is 8. The van der Waals surface area contributed by atoms with Crippen LogP contribution in [0, 0.1) is 0 Å². The van der Waals surface area contributed by atoms with E-state index in [-0.39, 0.29) is 14.9 Å². The molecule has 0 saturated carbocycles. The molecule has 6 aromatic heterocycles. The molecule has 0 aliphatic carbocycles. The van der Waals surface area contributed by atoms with Gasteiger partial charge in [-0.2, -0.15) is 0 Å². The molecule has 91 heavy (non-hydrogen) atoms. The van der Waals surface area contributed by atoms with Crippen LogP contribution in [0.2, 0.25) is 0 Å². The molecule has 0 fully saturated rings. The number of halogens is 1. The predicted octanol–water partition coefficient (Wildman–Crippen LogP) is 23.2. The van der Waals surface area contributed by atoms with Crippen LogP contribution in [-0.2, 0) is 0 Å². The molecule has 0 aliphatic rings. The van der Waals surface area contributed by atoms with Crippen LogP contribution in [0.5, 0.6) is 0 Å². The van der Waals surface area contributed by atoms with Crippen molar-refractivity contribution in [2.75, 3.05) is 0 Å². The number of aromatic nitrogens is 6. The molecule has 0 aliphatic heterocycles. The van der Waals surface area contributed by atoms with Crippen LogP contribution in [0.25, 0.3) is 161 Å². The predicted molar refractivity (Wildman–Crippen MR) is 383 cm³/mol. The molecule has 0 saturated heterocycles. The average molecular weight is 1240 g/mol. The Hall–Kier alpha value is -11.5. The van der Waals surface area contributed by atoms with E-state index in [0.717, 1.165) is 110 Å². The summed E-state index contributed by atoms with van der Waals surface area (Å²) < 4.78 is 16.0. The third kappa shape index (κ3) is 10.8. The van der Waals surface area contributed by atoms with Crippen LogP contribution in [0.4, 0.5) is 0 Å². The van der Waals surface area contributed by atoms with Gasteiger partial charge in [-0.3, -0.25) is 0 Å². The van der Waals surface area contributed by atoms with Gasteiger partial charge in [0.05, 0.1) is 33.8 Å². The first-order valence-electron chi connectivity index (χ1n) is 29.5. The summed E-state index contributed by atoms with van der Waals surface area (Å²) in [5.74, 6) is 1.34. The third-order valence-electron chi connectivity index (χ3n) is 16.4. The highest BCUT2D eigenvalue weighted by atomic mass is 79.9. The van der Waals surface area contributed by atoms with Crippen LogP contribution in [0.1, 0.15) is 14.9 Å². The van der Waals surface area contributed by atoms with Gasteiger partial charge in [0, 0.05) is 97.7 Å². The summed E-state index contributed by atoms with van der Waals surface area (Å²) in [6.45, 7) is 0. The maximum atomic E-state index is 6.42. The summed E-state index contributed by atoms with van der Waals surface area (Å²) in [6, 6.07) is 104. The molecule has 18 rings (SSSR count). The lowest BCUT2D eigenvalue weighted by atomic mass is 10.0. The van der Waals surface area contributed by atoms with Crippen molar-refractivity contribution in [3.05, 3.63) is 308 Å². The minimum Gasteiger partial charge on any atom is -0.455 e. The van der Waals surface area contributed by atoms with Crippen molar-refractivity contribution in [1.29, 1.82) is 0 Å². The number of fused-ring (bicyclic) bond motifs is 12. The number of benzene rings is 12. The number of nitrogens with zero attached hydrogens (tertiary/aromatic N) is 5. The average Bonchev–Trinajstić information content (AvgIpc) is 1.83. The van der Waals surface area contributed by atoms with E-state index >= 15 is 0 Å². The van der Waals surface area contributed by atoms with E-state index < -0.39 is 0 Å². The van der Waals surface area contributed by atoms with Crippen molar-refractivity contribution in [3.63, 3.8) is 0 Å². The van der Waals surface area contributed by atoms with E-state index in [1.54, 1.807) is 0 Å². The topological polar surface area (TPSA) is 98.6 Å². The van der Waals surface area contributed by atoms with Crippen molar-refractivity contribution < 1.29 is 8.83 Å². The number of hydrogen-bond donors (Lipinski definition) is 1. The van der Waals surface area contributed by atoms with E-state index in [4.69, 9.17) is 28.8 Å². The second-order valence-corrected chi connectivity index (χ2v) is 22.8. The lowest BCUT2D eigenvalue weighted by Gasteiger charge is -2.12. The van der Waals surface area contributed by atoms with Gasteiger partial charge in [-0.1, -0.05) is 249 Å². The zero-order valence-corrected chi connectivity index (χ0v) is 49.4. The highest BCUT2D eigenvalue weighted by molar-refractivity contribution is 9.10. The maximum Gasteiger partial charge on any atom is 0.160 e. The zero-order chi connectivity index (χ0) is 59.2. The molecule has 436 valence electrons. The number of hydrogen-bond acceptors (Lipinski definition) is 6. The van der Waals surface area contributed by atoms with Crippen LogP contribution in [-0.4, -0.2) is 29.5 Å². The second kappa shape index (κ2) is 24.6. The fourth-order valence-corrected chi connectivity index (χ4v) is 12.7. The Bertz CT molecular complexity index is 5570. The van der Waals surface area contributed by atoms with E-state index in [2.05, 4.69) is 226 Å². The quantitative estimate of drug-likeness (QED) is 0.171. The van der Waals surface area contributed by atoms with Gasteiger partial charge in [-0.15, -0.1) is 0 Å². The standard InChI is InChI=1S/C40H25N3O.C28H17BrN2O.C12H9N.2CH4/c1-2-12-26(13-3-1)34-25-35(33-20-11-19-32-31-18-6-9-23-38(31)44-39(32)33)42-40(41-34)27-14-10-15-28(24-27)43-36-21-7-4-16-29(36)30-17-5-8-22-37(30)43;29-20-11-6-10-19(16-20)28-30-24(18-8-2-1-3-9-18)17-25(31-28)23-14-7-13-22-21-12-4-5-15-26(21)32-27(22)23;1-3-7-11-9(5-1)10-6-2-4-8-12(10)13-11;;/h1-25H;1-17H;1-8,13H;2*1H4. The fraction of sp³-hybridized carbons (Fsp3) is 0.0244. The molecule has 0 amide bonds. The molecule has 0 radical (unpaired) electrons. The third-order valence-corrected chi connectivity index (χ3v) is 16.9. The first kappa shape index (κ1) is 57.2. The van der Waals surface area contributed by atoms with Crippen molar-refractivity contribution in [1.82, 2.24) is 29.5 Å². The largest absolute Gasteiger partial charge is 0.455 e. The monoisotopic (exact) mass is 1240 g/mol. The maximum absolute atomic E-state index is 6.42. The minimum absolute atomic E-state index is 0.